The lowest BCUT2D eigenvalue weighted by Crippen LogP contribution is -2.10. The highest BCUT2D eigenvalue weighted by molar-refractivity contribution is 5.76. The van der Waals surface area contributed by atoms with Gasteiger partial charge in [0.2, 0.25) is 0 Å². The summed E-state index contributed by atoms with van der Waals surface area (Å²) in [4.78, 5) is 2.23. The maximum atomic E-state index is 5.84. The molecule has 0 atom stereocenters. The Morgan fingerprint density at radius 1 is 0.552 bits per heavy atom. The molecular weight excluding hydrogens is 358 g/mol. The number of hydrogen-bond donors (Lipinski definition) is 0. The maximum Gasteiger partial charge on any atom is 0.119 e. The Morgan fingerprint density at radius 2 is 0.931 bits per heavy atom. The number of para-hydroxylation sites is 1. The molecule has 0 fully saturated rings. The first-order chi connectivity index (χ1) is 14.0. The minimum absolute atomic E-state index is 0.506. The van der Waals surface area contributed by atoms with Gasteiger partial charge in [-0.15, -0.1) is 0 Å². The van der Waals surface area contributed by atoms with E-state index in [1.54, 1.807) is 0 Å². The molecule has 0 aliphatic heterocycles. The van der Waals surface area contributed by atoms with E-state index < -0.39 is 0 Å². The number of nitrogens with zero attached hydrogens (tertiary/aromatic N) is 1. The van der Waals surface area contributed by atoms with E-state index >= 15 is 0 Å². The summed E-state index contributed by atoms with van der Waals surface area (Å²) in [5, 5.41) is 0. The highest BCUT2D eigenvalue weighted by Gasteiger charge is 2.12. The molecule has 0 bridgehead atoms. The summed E-state index contributed by atoms with van der Waals surface area (Å²) in [6.45, 7) is 10.1. The molecule has 0 N–H and O–H groups in total. The van der Waals surface area contributed by atoms with Crippen LogP contribution in [0, 0.1) is 11.8 Å². The molecule has 0 unspecified atom stereocenters. The SMILES string of the molecule is CC(C)COc1ccc(N(c2ccccc2)c2ccc(OCC(C)C)cc2)cc1. The normalized spacial score (nSPS) is 11.0. The van der Waals surface area contributed by atoms with Gasteiger partial charge in [-0.05, 0) is 72.5 Å². The van der Waals surface area contributed by atoms with Crippen LogP contribution >= 0.6 is 0 Å². The van der Waals surface area contributed by atoms with E-state index in [4.69, 9.17) is 9.47 Å². The van der Waals surface area contributed by atoms with Crippen LogP contribution in [-0.4, -0.2) is 13.2 Å². The Balaban J connectivity index is 1.86. The molecule has 0 saturated carbocycles. The highest BCUT2D eigenvalue weighted by Crippen LogP contribution is 2.35. The second-order valence-electron chi connectivity index (χ2n) is 8.07. The van der Waals surface area contributed by atoms with Crippen LogP contribution in [0.3, 0.4) is 0 Å². The smallest absolute Gasteiger partial charge is 0.119 e. The highest BCUT2D eigenvalue weighted by atomic mass is 16.5. The molecule has 0 spiro atoms. The molecular formula is C26H31NO2. The van der Waals surface area contributed by atoms with E-state index in [0.29, 0.717) is 11.8 Å². The van der Waals surface area contributed by atoms with Crippen LogP contribution in [-0.2, 0) is 0 Å². The van der Waals surface area contributed by atoms with Gasteiger partial charge in [-0.25, -0.2) is 0 Å². The molecule has 0 radical (unpaired) electrons. The van der Waals surface area contributed by atoms with E-state index in [0.717, 1.165) is 41.8 Å². The number of benzene rings is 3. The second-order valence-corrected chi connectivity index (χ2v) is 8.07. The summed E-state index contributed by atoms with van der Waals surface area (Å²) >= 11 is 0. The second kappa shape index (κ2) is 10.0. The van der Waals surface area contributed by atoms with Gasteiger partial charge in [0.25, 0.3) is 0 Å². The van der Waals surface area contributed by atoms with Crippen molar-refractivity contribution in [2.24, 2.45) is 11.8 Å². The van der Waals surface area contributed by atoms with Crippen LogP contribution in [0.5, 0.6) is 11.5 Å². The summed E-state index contributed by atoms with van der Waals surface area (Å²) < 4.78 is 11.7. The van der Waals surface area contributed by atoms with Gasteiger partial charge in [0.15, 0.2) is 0 Å². The summed E-state index contributed by atoms with van der Waals surface area (Å²) in [6.07, 6.45) is 0. The van der Waals surface area contributed by atoms with Crippen molar-refractivity contribution in [2.75, 3.05) is 18.1 Å². The van der Waals surface area contributed by atoms with E-state index in [1.165, 1.54) is 0 Å². The van der Waals surface area contributed by atoms with Gasteiger partial charge in [-0.3, -0.25) is 0 Å². The van der Waals surface area contributed by atoms with Gasteiger partial charge in [0.05, 0.1) is 13.2 Å². The average Bonchev–Trinajstić information content (AvgIpc) is 2.73. The molecule has 3 aromatic carbocycles. The van der Waals surface area contributed by atoms with Gasteiger partial charge in [0.1, 0.15) is 11.5 Å². The third-order valence-corrected chi connectivity index (χ3v) is 4.37. The molecule has 0 aliphatic carbocycles. The zero-order chi connectivity index (χ0) is 20.6. The molecule has 152 valence electrons. The van der Waals surface area contributed by atoms with Crippen molar-refractivity contribution in [3.63, 3.8) is 0 Å². The lowest BCUT2D eigenvalue weighted by atomic mass is 10.2. The Morgan fingerprint density at radius 3 is 1.31 bits per heavy atom. The first-order valence-corrected chi connectivity index (χ1v) is 10.3. The fourth-order valence-electron chi connectivity index (χ4n) is 2.93. The fraction of sp³-hybridized carbons (Fsp3) is 0.308. The Labute approximate surface area is 174 Å². The van der Waals surface area contributed by atoms with Gasteiger partial charge >= 0.3 is 0 Å². The third kappa shape index (κ3) is 6.02. The van der Waals surface area contributed by atoms with Crippen LogP contribution in [0.25, 0.3) is 0 Å². The summed E-state index contributed by atoms with van der Waals surface area (Å²) in [7, 11) is 0. The average molecular weight is 390 g/mol. The van der Waals surface area contributed by atoms with Crippen molar-refractivity contribution < 1.29 is 9.47 Å². The van der Waals surface area contributed by atoms with E-state index in [9.17, 15) is 0 Å². The van der Waals surface area contributed by atoms with Crippen molar-refractivity contribution in [3.05, 3.63) is 78.9 Å². The molecule has 3 nitrogen and oxygen atoms in total. The van der Waals surface area contributed by atoms with Gasteiger partial charge in [-0.1, -0.05) is 45.9 Å². The van der Waals surface area contributed by atoms with Crippen molar-refractivity contribution >= 4 is 17.1 Å². The molecule has 3 rings (SSSR count). The first kappa shape index (κ1) is 20.8. The lowest BCUT2D eigenvalue weighted by molar-refractivity contribution is 0.271. The first-order valence-electron chi connectivity index (χ1n) is 10.3. The van der Waals surface area contributed by atoms with Crippen molar-refractivity contribution in [2.45, 2.75) is 27.7 Å². The molecule has 0 aromatic heterocycles. The van der Waals surface area contributed by atoms with Gasteiger partial charge in [-0.2, -0.15) is 0 Å². The van der Waals surface area contributed by atoms with Crippen molar-refractivity contribution in [3.8, 4) is 11.5 Å². The van der Waals surface area contributed by atoms with Crippen LogP contribution in [0.4, 0.5) is 17.1 Å². The number of rotatable bonds is 9. The van der Waals surface area contributed by atoms with Crippen LogP contribution < -0.4 is 14.4 Å². The van der Waals surface area contributed by atoms with Crippen molar-refractivity contribution in [1.82, 2.24) is 0 Å². The van der Waals surface area contributed by atoms with Gasteiger partial charge < -0.3 is 14.4 Å². The Bertz CT molecular complexity index is 800. The predicted molar refractivity (Wildman–Crippen MR) is 122 cm³/mol. The number of ether oxygens (including phenoxy) is 2. The zero-order valence-electron chi connectivity index (χ0n) is 17.8. The number of anilines is 3. The van der Waals surface area contributed by atoms with Crippen LogP contribution in [0.2, 0.25) is 0 Å². The minimum Gasteiger partial charge on any atom is -0.493 e. The molecule has 3 aromatic rings. The Kier molecular flexibility index (Phi) is 7.18. The van der Waals surface area contributed by atoms with E-state index in [1.807, 2.05) is 30.3 Å². The third-order valence-electron chi connectivity index (χ3n) is 4.37. The van der Waals surface area contributed by atoms with Crippen LogP contribution in [0.15, 0.2) is 78.9 Å². The standard InChI is InChI=1S/C26H31NO2/c1-20(2)18-28-25-14-10-23(11-15-25)27(22-8-6-5-7-9-22)24-12-16-26(17-13-24)29-19-21(3)4/h5-17,20-21H,18-19H2,1-4H3. The van der Waals surface area contributed by atoms with Crippen molar-refractivity contribution in [1.29, 1.82) is 0 Å². The zero-order valence-corrected chi connectivity index (χ0v) is 17.8. The topological polar surface area (TPSA) is 21.7 Å². The Hall–Kier alpha value is -2.94. The van der Waals surface area contributed by atoms with E-state index in [2.05, 4.69) is 81.1 Å². The molecule has 0 amide bonds. The molecule has 0 saturated heterocycles. The lowest BCUT2D eigenvalue weighted by Gasteiger charge is -2.26. The summed E-state index contributed by atoms with van der Waals surface area (Å²) in [5.74, 6) is 2.81. The number of hydrogen-bond acceptors (Lipinski definition) is 3. The van der Waals surface area contributed by atoms with E-state index in [-0.39, 0.29) is 0 Å². The predicted octanol–water partition coefficient (Wildman–Crippen LogP) is 7.23. The summed E-state index contributed by atoms with van der Waals surface area (Å²) in [6, 6.07) is 26.9. The molecule has 0 heterocycles. The summed E-state index contributed by atoms with van der Waals surface area (Å²) in [5.41, 5.74) is 3.28. The monoisotopic (exact) mass is 389 g/mol. The largest absolute Gasteiger partial charge is 0.493 e. The fourth-order valence-corrected chi connectivity index (χ4v) is 2.93. The van der Waals surface area contributed by atoms with Gasteiger partial charge in [0, 0.05) is 17.1 Å². The molecule has 3 heteroatoms. The maximum absolute atomic E-state index is 5.84. The molecule has 29 heavy (non-hydrogen) atoms. The van der Waals surface area contributed by atoms with Crippen LogP contribution in [0.1, 0.15) is 27.7 Å². The minimum atomic E-state index is 0.506. The molecule has 0 aliphatic rings. The quantitative estimate of drug-likeness (QED) is 0.385.